The Morgan fingerprint density at radius 3 is 1.98 bits per heavy atom. The van der Waals surface area contributed by atoms with Crippen molar-refractivity contribution in [1.29, 1.82) is 0 Å². The van der Waals surface area contributed by atoms with E-state index >= 15 is 0 Å². The van der Waals surface area contributed by atoms with E-state index in [0.717, 1.165) is 56.4 Å². The zero-order valence-electron chi connectivity index (χ0n) is 27.5. The molecule has 3 heterocycles. The molecular weight excluding hydrogens is 624 g/mol. The summed E-state index contributed by atoms with van der Waals surface area (Å²) in [6.07, 6.45) is 0.829. The molecule has 0 fully saturated rings. The Labute approximate surface area is 287 Å². The first-order chi connectivity index (χ1) is 24.4. The van der Waals surface area contributed by atoms with E-state index < -0.39 is 0 Å². The molecule has 8 nitrogen and oxygen atoms in total. The van der Waals surface area contributed by atoms with Crippen molar-refractivity contribution in [2.45, 2.75) is 26.9 Å². The maximum atomic E-state index is 13.7. The molecule has 2 aromatic heterocycles. The molecule has 3 N–H and O–H groups in total. The van der Waals surface area contributed by atoms with Crippen LogP contribution in [0.1, 0.15) is 32.9 Å². The van der Waals surface area contributed by atoms with Gasteiger partial charge >= 0.3 is 0 Å². The smallest absolute Gasteiger partial charge is 0.187 e. The summed E-state index contributed by atoms with van der Waals surface area (Å²) in [4.78, 5) is 35.5. The number of fused-ring (bicyclic) bond motifs is 4. The van der Waals surface area contributed by atoms with Crippen molar-refractivity contribution in [3.05, 3.63) is 147 Å². The minimum Gasteiger partial charge on any atom is -0.507 e. The van der Waals surface area contributed by atoms with Gasteiger partial charge in [-0.2, -0.15) is 0 Å². The first kappa shape index (κ1) is 30.8. The van der Waals surface area contributed by atoms with Gasteiger partial charge in [-0.1, -0.05) is 60.7 Å². The second-order valence-corrected chi connectivity index (χ2v) is 12.4. The van der Waals surface area contributed by atoms with Crippen LogP contribution in [0.5, 0.6) is 5.75 Å². The molecule has 0 unspecified atom stereocenters. The van der Waals surface area contributed by atoms with Crippen molar-refractivity contribution in [3.63, 3.8) is 0 Å². The third kappa shape index (κ3) is 5.37. The van der Waals surface area contributed by atoms with Gasteiger partial charge in [0.05, 0.1) is 33.5 Å². The number of aldehydes is 1. The Bertz CT molecular complexity index is 2650. The number of benzene rings is 5. The number of hydrogen-bond acceptors (Lipinski definition) is 8. The Hall–Kier alpha value is -6.54. The van der Waals surface area contributed by atoms with Gasteiger partial charge < -0.3 is 20.2 Å². The van der Waals surface area contributed by atoms with E-state index in [0.29, 0.717) is 44.5 Å². The van der Waals surface area contributed by atoms with Gasteiger partial charge in [0.1, 0.15) is 17.1 Å². The zero-order chi connectivity index (χ0) is 34.4. The Morgan fingerprint density at radius 1 is 0.680 bits per heavy atom. The maximum absolute atomic E-state index is 13.7. The zero-order valence-corrected chi connectivity index (χ0v) is 27.5. The lowest BCUT2D eigenvalue weighted by atomic mass is 9.88. The van der Waals surface area contributed by atoms with E-state index in [1.165, 1.54) is 6.07 Å². The van der Waals surface area contributed by atoms with E-state index in [9.17, 15) is 14.7 Å². The Kier molecular flexibility index (Phi) is 7.68. The van der Waals surface area contributed by atoms with Crippen LogP contribution >= 0.6 is 0 Å². The van der Waals surface area contributed by atoms with E-state index in [4.69, 9.17) is 14.4 Å². The van der Waals surface area contributed by atoms with Crippen LogP contribution in [0.25, 0.3) is 55.2 Å². The standard InChI is InChI=1S/C42H32N4O4/c1-24-13-15-26-8-5-11-34(39(26)45-24)43-21-32-36(48)19-17-30-38(29-10-4-3-7-28(29)23-47)31-18-20-37(49)33(42(31)50-41(30)32)22-44-35-12-6-9-27-16-14-25(2)46-40(27)35/h3-20,23,43-44,48H,21-22H2,1-2H3. The molecule has 244 valence electrons. The van der Waals surface area contributed by atoms with E-state index in [1.54, 1.807) is 24.3 Å². The van der Waals surface area contributed by atoms with Crippen LogP contribution in [0.4, 0.5) is 11.4 Å². The number of phenols is 1. The summed E-state index contributed by atoms with van der Waals surface area (Å²) in [7, 11) is 0. The normalized spacial score (nSPS) is 11.4. The number of pyridine rings is 2. The first-order valence-electron chi connectivity index (χ1n) is 16.4. The molecule has 0 spiro atoms. The number of carbonyl (C=O) groups is 1. The summed E-state index contributed by atoms with van der Waals surface area (Å²) in [5.41, 5.74) is 8.70. The van der Waals surface area contributed by atoms with Crippen LogP contribution in [0.2, 0.25) is 0 Å². The number of hydrogen-bond donors (Lipinski definition) is 3. The number of aryl methyl sites for hydroxylation is 2. The van der Waals surface area contributed by atoms with E-state index in [1.807, 2.05) is 92.7 Å². The van der Waals surface area contributed by atoms with Gasteiger partial charge in [-0.15, -0.1) is 0 Å². The molecule has 0 amide bonds. The van der Waals surface area contributed by atoms with Gasteiger partial charge in [-0.05, 0) is 67.9 Å². The van der Waals surface area contributed by atoms with Crippen molar-refractivity contribution in [3.8, 4) is 28.2 Å². The largest absolute Gasteiger partial charge is 0.507 e. The lowest BCUT2D eigenvalue weighted by molar-refractivity contribution is 0.112. The van der Waals surface area contributed by atoms with Gasteiger partial charge in [0.25, 0.3) is 0 Å². The molecule has 0 saturated heterocycles. The third-order valence-electron chi connectivity index (χ3n) is 9.18. The highest BCUT2D eigenvalue weighted by Crippen LogP contribution is 2.44. The van der Waals surface area contributed by atoms with Gasteiger partial charge in [0.2, 0.25) is 0 Å². The van der Waals surface area contributed by atoms with Crippen molar-refractivity contribution < 1.29 is 14.3 Å². The summed E-state index contributed by atoms with van der Waals surface area (Å²) >= 11 is 0. The van der Waals surface area contributed by atoms with Gasteiger partial charge in [-0.3, -0.25) is 19.6 Å². The molecule has 8 rings (SSSR count). The van der Waals surface area contributed by atoms with Crippen LogP contribution in [-0.4, -0.2) is 21.4 Å². The lowest BCUT2D eigenvalue weighted by Gasteiger charge is -2.21. The molecule has 6 aromatic rings. The number of nitrogens with zero attached hydrogens (tertiary/aromatic N) is 2. The Balaban J connectivity index is 1.32. The predicted octanol–water partition coefficient (Wildman–Crippen LogP) is 9.02. The summed E-state index contributed by atoms with van der Waals surface area (Å²) < 4.78 is 6.74. The van der Waals surface area contributed by atoms with Crippen molar-refractivity contribution in [2.75, 3.05) is 10.6 Å². The number of aromatic hydroxyl groups is 1. The summed E-state index contributed by atoms with van der Waals surface area (Å²) in [5, 5.41) is 20.9. The number of carbonyl (C=O) groups excluding carboxylic acids is 1. The number of anilines is 2. The third-order valence-corrected chi connectivity index (χ3v) is 9.18. The van der Waals surface area contributed by atoms with Crippen molar-refractivity contribution in [1.82, 2.24) is 9.97 Å². The molecule has 2 aliphatic rings. The van der Waals surface area contributed by atoms with Gasteiger partial charge in [-0.25, -0.2) is 0 Å². The van der Waals surface area contributed by atoms with Crippen LogP contribution in [0.15, 0.2) is 118 Å². The monoisotopic (exact) mass is 656 g/mol. The number of aromatic nitrogens is 2. The fraction of sp³-hybridized carbons (Fsp3) is 0.0952. The number of nitrogens with one attached hydrogen (secondary N) is 2. The van der Waals surface area contributed by atoms with E-state index in [2.05, 4.69) is 10.6 Å². The highest BCUT2D eigenvalue weighted by molar-refractivity contribution is 6.07. The van der Waals surface area contributed by atoms with Crippen LogP contribution in [0, 0.1) is 13.8 Å². The fourth-order valence-electron chi connectivity index (χ4n) is 6.70. The Morgan fingerprint density at radius 2 is 1.32 bits per heavy atom. The molecule has 1 aliphatic carbocycles. The predicted molar refractivity (Wildman–Crippen MR) is 199 cm³/mol. The minimum absolute atomic E-state index is 0.0299. The molecule has 0 saturated carbocycles. The molecule has 1 aliphatic heterocycles. The SMILES string of the molecule is Cc1ccc2cccc(NCc3c4oc5c(CNc6cccc7ccc(C)nc67)c(O)ccc5c(-c5ccccc5C=O)c-4ccc3=O)c2n1. The quantitative estimate of drug-likeness (QED) is 0.110. The second kappa shape index (κ2) is 12.5. The maximum Gasteiger partial charge on any atom is 0.187 e. The van der Waals surface area contributed by atoms with Crippen LogP contribution in [-0.2, 0) is 13.1 Å². The first-order valence-corrected chi connectivity index (χ1v) is 16.4. The summed E-state index contributed by atoms with van der Waals surface area (Å²) in [5.74, 6) is 0.397. The summed E-state index contributed by atoms with van der Waals surface area (Å²) in [6, 6.07) is 33.9. The second-order valence-electron chi connectivity index (χ2n) is 12.4. The van der Waals surface area contributed by atoms with Crippen molar-refractivity contribution in [2.24, 2.45) is 0 Å². The van der Waals surface area contributed by atoms with Crippen LogP contribution in [0.3, 0.4) is 0 Å². The number of rotatable bonds is 8. The average molecular weight is 657 g/mol. The van der Waals surface area contributed by atoms with Crippen LogP contribution < -0.4 is 16.1 Å². The average Bonchev–Trinajstić information content (AvgIpc) is 3.13. The molecule has 0 atom stereocenters. The number of phenolic OH excluding ortho intramolecular Hbond substituents is 1. The van der Waals surface area contributed by atoms with E-state index in [-0.39, 0.29) is 24.3 Å². The molecule has 50 heavy (non-hydrogen) atoms. The van der Waals surface area contributed by atoms with Gasteiger partial charge in [0.15, 0.2) is 11.7 Å². The number of para-hydroxylation sites is 2. The molecule has 8 heteroatoms. The highest BCUT2D eigenvalue weighted by atomic mass is 16.3. The topological polar surface area (TPSA) is 117 Å². The molecule has 4 aromatic carbocycles. The van der Waals surface area contributed by atoms with Crippen molar-refractivity contribution >= 4 is 50.4 Å². The van der Waals surface area contributed by atoms with Gasteiger partial charge in [0, 0.05) is 57.3 Å². The fourth-order valence-corrected chi connectivity index (χ4v) is 6.70. The molecule has 0 radical (unpaired) electrons. The minimum atomic E-state index is -0.205. The molecular formula is C42H32N4O4. The summed E-state index contributed by atoms with van der Waals surface area (Å²) in [6.45, 7) is 4.25. The highest BCUT2D eigenvalue weighted by Gasteiger charge is 2.25. The molecule has 0 bridgehead atoms. The lowest BCUT2D eigenvalue weighted by Crippen LogP contribution is -2.15.